The Hall–Kier alpha value is -0.860. The predicted octanol–water partition coefficient (Wildman–Crippen LogP) is 2.73. The Morgan fingerprint density at radius 1 is 1.38 bits per heavy atom. The van der Waals surface area contributed by atoms with Crippen molar-refractivity contribution >= 4 is 0 Å². The second-order valence-electron chi connectivity index (χ2n) is 4.92. The zero-order valence-electron chi connectivity index (χ0n) is 10.4. The van der Waals surface area contributed by atoms with E-state index in [2.05, 4.69) is 39.0 Å². The van der Waals surface area contributed by atoms with Gasteiger partial charge in [0.2, 0.25) is 0 Å². The van der Waals surface area contributed by atoms with Crippen LogP contribution in [0.2, 0.25) is 0 Å². The van der Waals surface area contributed by atoms with Crippen LogP contribution in [0.4, 0.5) is 0 Å². The topological polar surface area (TPSA) is 35.2 Å². The van der Waals surface area contributed by atoms with Crippen LogP contribution in [0.1, 0.15) is 36.1 Å². The Morgan fingerprint density at radius 3 is 2.75 bits per heavy atom. The fraction of sp³-hybridized carbons (Fsp3) is 0.571. The molecule has 2 heteroatoms. The van der Waals surface area contributed by atoms with E-state index in [1.54, 1.807) is 0 Å². The van der Waals surface area contributed by atoms with Crippen molar-refractivity contribution in [2.75, 3.05) is 6.61 Å². The fourth-order valence-corrected chi connectivity index (χ4v) is 2.49. The maximum Gasteiger partial charge on any atom is 0.0793 e. The lowest BCUT2D eigenvalue weighted by Gasteiger charge is -2.24. The summed E-state index contributed by atoms with van der Waals surface area (Å²) in [5, 5.41) is 0. The number of aryl methyl sites for hydroxylation is 1. The van der Waals surface area contributed by atoms with Gasteiger partial charge in [0, 0.05) is 6.61 Å². The van der Waals surface area contributed by atoms with E-state index >= 15 is 0 Å². The smallest absolute Gasteiger partial charge is 0.0793 e. The lowest BCUT2D eigenvalue weighted by atomic mass is 9.89. The van der Waals surface area contributed by atoms with Gasteiger partial charge in [-0.3, -0.25) is 0 Å². The predicted molar refractivity (Wildman–Crippen MR) is 66.4 cm³/mol. The van der Waals surface area contributed by atoms with Crippen molar-refractivity contribution in [1.82, 2.24) is 0 Å². The molecule has 0 spiro atoms. The Labute approximate surface area is 97.8 Å². The minimum Gasteiger partial charge on any atom is -0.376 e. The summed E-state index contributed by atoms with van der Waals surface area (Å²) in [6, 6.07) is 6.35. The summed E-state index contributed by atoms with van der Waals surface area (Å²) < 4.78 is 5.75. The lowest BCUT2D eigenvalue weighted by Crippen LogP contribution is -2.30. The highest BCUT2D eigenvalue weighted by molar-refractivity contribution is 5.35. The van der Waals surface area contributed by atoms with Crippen LogP contribution < -0.4 is 5.73 Å². The molecule has 0 amide bonds. The van der Waals surface area contributed by atoms with Gasteiger partial charge in [-0.15, -0.1) is 0 Å². The number of hydrogen-bond acceptors (Lipinski definition) is 2. The maximum absolute atomic E-state index is 6.34. The zero-order valence-corrected chi connectivity index (χ0v) is 10.4. The van der Waals surface area contributed by atoms with E-state index in [0.29, 0.717) is 5.92 Å². The first-order chi connectivity index (χ1) is 7.61. The molecule has 0 bridgehead atoms. The van der Waals surface area contributed by atoms with E-state index in [9.17, 15) is 0 Å². The fourth-order valence-electron chi connectivity index (χ4n) is 2.49. The zero-order chi connectivity index (χ0) is 11.7. The summed E-state index contributed by atoms with van der Waals surface area (Å²) in [6.45, 7) is 7.35. The van der Waals surface area contributed by atoms with E-state index in [-0.39, 0.29) is 12.1 Å². The van der Waals surface area contributed by atoms with Crippen molar-refractivity contribution in [3.63, 3.8) is 0 Å². The molecule has 2 N–H and O–H groups in total. The minimum absolute atomic E-state index is 0.0115. The molecule has 88 valence electrons. The highest BCUT2D eigenvalue weighted by atomic mass is 16.5. The van der Waals surface area contributed by atoms with Crippen molar-refractivity contribution in [3.8, 4) is 0 Å². The molecular weight excluding hydrogens is 198 g/mol. The third kappa shape index (κ3) is 2.00. The molecule has 3 atom stereocenters. The molecular formula is C14H21NO. The van der Waals surface area contributed by atoms with Gasteiger partial charge >= 0.3 is 0 Å². The number of hydrogen-bond donors (Lipinski definition) is 1. The van der Waals surface area contributed by atoms with Gasteiger partial charge in [0.1, 0.15) is 0 Å². The molecule has 1 aromatic rings. The van der Waals surface area contributed by atoms with Crippen molar-refractivity contribution in [3.05, 3.63) is 34.9 Å². The van der Waals surface area contributed by atoms with Crippen molar-refractivity contribution in [1.29, 1.82) is 0 Å². The number of rotatable bonds is 2. The number of benzene rings is 1. The first-order valence-corrected chi connectivity index (χ1v) is 6.04. The molecule has 0 aliphatic carbocycles. The van der Waals surface area contributed by atoms with E-state index in [4.69, 9.17) is 10.5 Å². The largest absolute Gasteiger partial charge is 0.376 e. The van der Waals surface area contributed by atoms with Crippen LogP contribution in [-0.4, -0.2) is 12.7 Å². The average Bonchev–Trinajstić information content (AvgIpc) is 2.68. The molecule has 1 aliphatic heterocycles. The average molecular weight is 219 g/mol. The van der Waals surface area contributed by atoms with Gasteiger partial charge in [-0.2, -0.15) is 0 Å². The monoisotopic (exact) mass is 219 g/mol. The summed E-state index contributed by atoms with van der Waals surface area (Å²) in [5.41, 5.74) is 10.2. The molecule has 1 aromatic carbocycles. The molecule has 2 rings (SSSR count). The Morgan fingerprint density at radius 2 is 2.12 bits per heavy atom. The van der Waals surface area contributed by atoms with Crippen LogP contribution in [0.15, 0.2) is 18.2 Å². The van der Waals surface area contributed by atoms with Gasteiger partial charge in [0.25, 0.3) is 0 Å². The van der Waals surface area contributed by atoms with Crippen molar-refractivity contribution in [2.24, 2.45) is 11.7 Å². The molecule has 2 nitrogen and oxygen atoms in total. The quantitative estimate of drug-likeness (QED) is 0.830. The second-order valence-corrected chi connectivity index (χ2v) is 4.92. The first kappa shape index (κ1) is 11.6. The molecule has 3 unspecified atom stereocenters. The first-order valence-electron chi connectivity index (χ1n) is 6.04. The standard InChI is InChI=1S/C14H21NO/c1-9-5-4-6-12(11(9)3)13(15)14-10(2)7-8-16-14/h4-6,10,13-14H,7-8,15H2,1-3H3. The van der Waals surface area contributed by atoms with Crippen LogP contribution >= 0.6 is 0 Å². The number of nitrogens with two attached hydrogens (primary N) is 1. The highest BCUT2D eigenvalue weighted by Crippen LogP contribution is 2.31. The molecule has 16 heavy (non-hydrogen) atoms. The van der Waals surface area contributed by atoms with Gasteiger partial charge in [-0.25, -0.2) is 0 Å². The molecule has 0 saturated carbocycles. The second kappa shape index (κ2) is 4.56. The van der Waals surface area contributed by atoms with Gasteiger partial charge in [-0.1, -0.05) is 25.1 Å². The summed E-state index contributed by atoms with van der Waals surface area (Å²) in [5.74, 6) is 0.565. The third-order valence-electron chi connectivity index (χ3n) is 3.80. The molecule has 0 aromatic heterocycles. The molecule has 1 aliphatic rings. The van der Waals surface area contributed by atoms with Crippen LogP contribution in [0.25, 0.3) is 0 Å². The minimum atomic E-state index is 0.0115. The summed E-state index contributed by atoms with van der Waals surface area (Å²) in [7, 11) is 0. The molecule has 1 saturated heterocycles. The van der Waals surface area contributed by atoms with Crippen molar-refractivity contribution < 1.29 is 4.74 Å². The van der Waals surface area contributed by atoms with E-state index in [0.717, 1.165) is 13.0 Å². The van der Waals surface area contributed by atoms with Gasteiger partial charge in [0.15, 0.2) is 0 Å². The summed E-state index contributed by atoms with van der Waals surface area (Å²) >= 11 is 0. The van der Waals surface area contributed by atoms with Crippen LogP contribution in [0.5, 0.6) is 0 Å². The van der Waals surface area contributed by atoms with E-state index in [1.807, 2.05) is 0 Å². The van der Waals surface area contributed by atoms with Gasteiger partial charge < -0.3 is 10.5 Å². The van der Waals surface area contributed by atoms with Crippen LogP contribution in [0.3, 0.4) is 0 Å². The van der Waals surface area contributed by atoms with Gasteiger partial charge in [-0.05, 0) is 42.9 Å². The number of ether oxygens (including phenoxy) is 1. The highest BCUT2D eigenvalue weighted by Gasteiger charge is 2.31. The molecule has 1 fully saturated rings. The molecule has 0 radical (unpaired) electrons. The lowest BCUT2D eigenvalue weighted by molar-refractivity contribution is 0.0723. The SMILES string of the molecule is Cc1cccc(C(N)C2OCCC2C)c1C. The third-order valence-corrected chi connectivity index (χ3v) is 3.80. The van der Waals surface area contributed by atoms with Crippen LogP contribution in [0, 0.1) is 19.8 Å². The van der Waals surface area contributed by atoms with Crippen molar-refractivity contribution in [2.45, 2.75) is 39.3 Å². The molecule has 1 heterocycles. The Kier molecular flexibility index (Phi) is 3.31. The Bertz CT molecular complexity index is 375. The Balaban J connectivity index is 2.26. The van der Waals surface area contributed by atoms with E-state index < -0.39 is 0 Å². The van der Waals surface area contributed by atoms with Crippen LogP contribution in [-0.2, 0) is 4.74 Å². The van der Waals surface area contributed by atoms with E-state index in [1.165, 1.54) is 16.7 Å². The van der Waals surface area contributed by atoms with Gasteiger partial charge in [0.05, 0.1) is 12.1 Å². The maximum atomic E-state index is 6.34. The normalized spacial score (nSPS) is 27.0. The summed E-state index contributed by atoms with van der Waals surface area (Å²) in [6.07, 6.45) is 1.31. The summed E-state index contributed by atoms with van der Waals surface area (Å²) in [4.78, 5) is 0.